The molecule has 0 atom stereocenters. The monoisotopic (exact) mass is 484 g/mol. The zero-order valence-corrected chi connectivity index (χ0v) is 19.7. The van der Waals surface area contributed by atoms with E-state index in [9.17, 15) is 13.2 Å². The van der Waals surface area contributed by atoms with Gasteiger partial charge in [0, 0.05) is 6.26 Å². The summed E-state index contributed by atoms with van der Waals surface area (Å²) in [4.78, 5) is 16.4. The first-order valence-electron chi connectivity index (χ1n) is 9.72. The SMILES string of the molecule is COc1cc(/C=C2/C(=N)N3N=C(S(C)(=O)=O)SC3=NC2=O)ccc1OCc1ccc(C)cc1. The number of aliphatic imine (C=N–C) groups is 1. The highest BCUT2D eigenvalue weighted by Gasteiger charge is 2.38. The Hall–Kier alpha value is -3.44. The van der Waals surface area contributed by atoms with Gasteiger partial charge in [-0.3, -0.25) is 10.2 Å². The number of hydrazone groups is 1. The molecule has 0 aliphatic carbocycles. The van der Waals surface area contributed by atoms with Crippen molar-refractivity contribution in [2.45, 2.75) is 13.5 Å². The van der Waals surface area contributed by atoms with Gasteiger partial charge in [-0.15, -0.1) is 5.10 Å². The van der Waals surface area contributed by atoms with E-state index in [1.54, 1.807) is 18.2 Å². The molecule has 0 aromatic heterocycles. The molecule has 33 heavy (non-hydrogen) atoms. The number of benzene rings is 2. The predicted octanol–water partition coefficient (Wildman–Crippen LogP) is 3.20. The van der Waals surface area contributed by atoms with Gasteiger partial charge in [-0.25, -0.2) is 8.42 Å². The quantitative estimate of drug-likeness (QED) is 0.647. The molecule has 4 rings (SSSR count). The Labute approximate surface area is 195 Å². The first kappa shape index (κ1) is 22.7. The van der Waals surface area contributed by atoms with Gasteiger partial charge in [0.2, 0.25) is 19.4 Å². The third-order valence-electron chi connectivity index (χ3n) is 4.77. The lowest BCUT2D eigenvalue weighted by Crippen LogP contribution is -2.35. The van der Waals surface area contributed by atoms with E-state index in [0.717, 1.165) is 28.6 Å². The summed E-state index contributed by atoms with van der Waals surface area (Å²) >= 11 is 0.742. The Bertz CT molecular complexity index is 1350. The van der Waals surface area contributed by atoms with Gasteiger partial charge in [0.1, 0.15) is 6.61 Å². The van der Waals surface area contributed by atoms with E-state index in [1.165, 1.54) is 18.7 Å². The Kier molecular flexibility index (Phi) is 6.09. The summed E-state index contributed by atoms with van der Waals surface area (Å²) < 4.78 is 34.6. The van der Waals surface area contributed by atoms with Crippen LogP contribution >= 0.6 is 11.8 Å². The number of sulfone groups is 1. The van der Waals surface area contributed by atoms with Crippen molar-refractivity contribution < 1.29 is 22.7 Å². The molecule has 2 aliphatic heterocycles. The molecule has 0 unspecified atom stereocenters. The second-order valence-corrected chi connectivity index (χ2v) is 10.5. The molecule has 0 spiro atoms. The number of nitrogens with one attached hydrogen (secondary N) is 1. The van der Waals surface area contributed by atoms with Crippen molar-refractivity contribution in [3.63, 3.8) is 0 Å². The van der Waals surface area contributed by atoms with Crippen LogP contribution in [0.4, 0.5) is 0 Å². The molecule has 0 saturated carbocycles. The van der Waals surface area contributed by atoms with Crippen molar-refractivity contribution in [1.82, 2.24) is 5.01 Å². The van der Waals surface area contributed by atoms with Crippen LogP contribution in [0.15, 0.2) is 58.1 Å². The van der Waals surface area contributed by atoms with Gasteiger partial charge in [0.25, 0.3) is 5.91 Å². The number of carbonyl (C=O) groups excluding carboxylic acids is 1. The number of carbonyl (C=O) groups is 1. The molecule has 2 aliphatic rings. The van der Waals surface area contributed by atoms with Crippen molar-refractivity contribution >= 4 is 49.0 Å². The lowest BCUT2D eigenvalue weighted by atomic mass is 10.1. The largest absolute Gasteiger partial charge is 0.493 e. The van der Waals surface area contributed by atoms with Gasteiger partial charge in [-0.2, -0.15) is 10.0 Å². The fourth-order valence-electron chi connectivity index (χ4n) is 3.03. The van der Waals surface area contributed by atoms with Crippen LogP contribution in [0.2, 0.25) is 0 Å². The number of nitrogens with zero attached hydrogens (tertiary/aromatic N) is 3. The van der Waals surface area contributed by atoms with Crippen LogP contribution in [0.3, 0.4) is 0 Å². The smallest absolute Gasteiger partial charge is 0.283 e. The van der Waals surface area contributed by atoms with Crippen LogP contribution in [-0.2, 0) is 21.2 Å². The second-order valence-electron chi connectivity index (χ2n) is 7.34. The lowest BCUT2D eigenvalue weighted by Gasteiger charge is -2.20. The number of thioether (sulfide) groups is 1. The molecule has 0 saturated heterocycles. The van der Waals surface area contributed by atoms with Crippen LogP contribution in [0.1, 0.15) is 16.7 Å². The van der Waals surface area contributed by atoms with Gasteiger partial charge < -0.3 is 9.47 Å². The van der Waals surface area contributed by atoms with Crippen molar-refractivity contribution in [3.05, 3.63) is 64.7 Å². The molecule has 170 valence electrons. The summed E-state index contributed by atoms with van der Waals surface area (Å²) in [6, 6.07) is 13.1. The molecular formula is C22H20N4O5S2. The third-order valence-corrected chi connectivity index (χ3v) is 7.34. The molecule has 9 nitrogen and oxygen atoms in total. The minimum absolute atomic E-state index is 0.0202. The van der Waals surface area contributed by atoms with E-state index >= 15 is 0 Å². The molecule has 1 N–H and O–H groups in total. The normalized spacial score (nSPS) is 17.1. The lowest BCUT2D eigenvalue weighted by molar-refractivity contribution is -0.114. The number of ether oxygens (including phenoxy) is 2. The molecule has 11 heteroatoms. The van der Waals surface area contributed by atoms with Crippen LogP contribution < -0.4 is 9.47 Å². The highest BCUT2D eigenvalue weighted by Crippen LogP contribution is 2.32. The van der Waals surface area contributed by atoms with Gasteiger partial charge >= 0.3 is 0 Å². The number of methoxy groups -OCH3 is 1. The third kappa shape index (κ3) is 4.83. The van der Waals surface area contributed by atoms with E-state index in [-0.39, 0.29) is 21.0 Å². The Balaban J connectivity index is 1.57. The first-order valence-corrected chi connectivity index (χ1v) is 12.4. The number of rotatable bonds is 5. The van der Waals surface area contributed by atoms with Gasteiger partial charge in [0.05, 0.1) is 12.7 Å². The Morgan fingerprint density at radius 3 is 2.55 bits per heavy atom. The molecule has 0 bridgehead atoms. The van der Waals surface area contributed by atoms with Gasteiger partial charge in [-0.05, 0) is 48.0 Å². The number of amides is 1. The minimum Gasteiger partial charge on any atom is -0.493 e. The fourth-order valence-corrected chi connectivity index (χ4v) is 4.71. The maximum absolute atomic E-state index is 12.5. The van der Waals surface area contributed by atoms with E-state index in [2.05, 4.69) is 10.1 Å². The van der Waals surface area contributed by atoms with Crippen LogP contribution in [-0.4, -0.2) is 48.1 Å². The Morgan fingerprint density at radius 2 is 1.88 bits per heavy atom. The molecule has 1 amide bonds. The minimum atomic E-state index is -3.59. The number of hydrogen-bond donors (Lipinski definition) is 1. The molecule has 0 fully saturated rings. The predicted molar refractivity (Wildman–Crippen MR) is 128 cm³/mol. The first-order chi connectivity index (χ1) is 15.7. The maximum atomic E-state index is 12.5. The van der Waals surface area contributed by atoms with Crippen LogP contribution in [0.5, 0.6) is 11.5 Å². The van der Waals surface area contributed by atoms with E-state index in [1.807, 2.05) is 31.2 Å². The summed E-state index contributed by atoms with van der Waals surface area (Å²) in [6.07, 6.45) is 2.49. The molecule has 2 aromatic rings. The zero-order valence-electron chi connectivity index (χ0n) is 18.0. The maximum Gasteiger partial charge on any atom is 0.283 e. The summed E-state index contributed by atoms with van der Waals surface area (Å²) in [5.74, 6) is 0.0886. The van der Waals surface area contributed by atoms with E-state index in [4.69, 9.17) is 14.9 Å². The second kappa shape index (κ2) is 8.83. The molecule has 2 heterocycles. The van der Waals surface area contributed by atoms with Crippen molar-refractivity contribution in [1.29, 1.82) is 5.41 Å². The summed E-state index contributed by atoms with van der Waals surface area (Å²) in [5, 5.41) is 13.4. The van der Waals surface area contributed by atoms with Crippen molar-refractivity contribution in [2.75, 3.05) is 13.4 Å². The van der Waals surface area contributed by atoms with Gasteiger partial charge in [-0.1, -0.05) is 35.9 Å². The summed E-state index contributed by atoms with van der Waals surface area (Å²) in [6.45, 7) is 2.38. The highest BCUT2D eigenvalue weighted by atomic mass is 32.3. The topological polar surface area (TPSA) is 121 Å². The Morgan fingerprint density at radius 1 is 1.15 bits per heavy atom. The van der Waals surface area contributed by atoms with Crippen molar-refractivity contribution in [2.24, 2.45) is 10.1 Å². The fraction of sp³-hybridized carbons (Fsp3) is 0.182. The highest BCUT2D eigenvalue weighted by molar-refractivity contribution is 8.42. The standard InChI is InChI=1S/C22H20N4O5S2/c1-13-4-6-14(7-5-13)12-31-17-9-8-15(11-18(17)30-2)10-16-19(23)26-21(24-20(16)27)32-22(25-26)33(3,28)29/h4-11,23H,12H2,1-3H3/b16-10-,23-19?. The van der Waals surface area contributed by atoms with Crippen molar-refractivity contribution in [3.8, 4) is 11.5 Å². The molecule has 0 radical (unpaired) electrons. The number of hydrogen-bond acceptors (Lipinski definition) is 8. The molecule has 2 aromatic carbocycles. The van der Waals surface area contributed by atoms with Crippen LogP contribution in [0, 0.1) is 12.3 Å². The van der Waals surface area contributed by atoms with E-state index in [0.29, 0.717) is 23.7 Å². The summed E-state index contributed by atoms with van der Waals surface area (Å²) in [5.41, 5.74) is 2.74. The summed E-state index contributed by atoms with van der Waals surface area (Å²) in [7, 11) is -2.07. The zero-order chi connectivity index (χ0) is 23.8. The average molecular weight is 485 g/mol. The van der Waals surface area contributed by atoms with Gasteiger partial charge in [0.15, 0.2) is 17.3 Å². The number of amidine groups is 2. The van der Waals surface area contributed by atoms with Crippen LogP contribution in [0.25, 0.3) is 6.08 Å². The average Bonchev–Trinajstić information content (AvgIpc) is 3.21. The number of fused-ring (bicyclic) bond motifs is 1. The number of aryl methyl sites for hydroxylation is 1. The molecular weight excluding hydrogens is 464 g/mol. The van der Waals surface area contributed by atoms with E-state index < -0.39 is 15.7 Å².